The molecule has 0 amide bonds. The highest BCUT2D eigenvalue weighted by Gasteiger charge is 2.73. The molecule has 1 spiro atoms. The molecule has 3 aliphatic heterocycles. The number of hydrogen-bond donors (Lipinski definition) is 0. The lowest BCUT2D eigenvalue weighted by molar-refractivity contribution is -0.133. The Labute approximate surface area is 83.8 Å². The van der Waals surface area contributed by atoms with E-state index >= 15 is 0 Å². The van der Waals surface area contributed by atoms with Crippen molar-refractivity contribution < 1.29 is 14.3 Å². The van der Waals surface area contributed by atoms with E-state index in [-0.39, 0.29) is 16.6 Å². The van der Waals surface area contributed by atoms with Gasteiger partial charge in [-0.15, -0.1) is 0 Å². The Balaban J connectivity index is 1.95. The predicted octanol–water partition coefficient (Wildman–Crippen LogP) is 1.30. The van der Waals surface area contributed by atoms with Gasteiger partial charge < -0.3 is 14.3 Å². The van der Waals surface area contributed by atoms with Crippen molar-refractivity contribution >= 4 is 6.29 Å². The minimum atomic E-state index is -0.179. The van der Waals surface area contributed by atoms with E-state index in [9.17, 15) is 4.79 Å². The third kappa shape index (κ3) is 0.829. The third-order valence-corrected chi connectivity index (χ3v) is 4.25. The maximum atomic E-state index is 11.3. The molecule has 0 N–H and O–H groups in total. The van der Waals surface area contributed by atoms with Crippen LogP contribution in [0.1, 0.15) is 32.6 Å². The molecule has 4 fully saturated rings. The number of rotatable bonds is 1. The summed E-state index contributed by atoms with van der Waals surface area (Å²) in [6, 6.07) is 0. The van der Waals surface area contributed by atoms with E-state index in [0.29, 0.717) is 0 Å². The molecule has 3 saturated heterocycles. The number of aldehydes is 1. The van der Waals surface area contributed by atoms with Crippen LogP contribution in [0.2, 0.25) is 0 Å². The Morgan fingerprint density at radius 1 is 1.21 bits per heavy atom. The highest BCUT2D eigenvalue weighted by Crippen LogP contribution is 2.67. The zero-order valence-electron chi connectivity index (χ0n) is 8.54. The maximum Gasteiger partial charge on any atom is 0.129 e. The molecule has 0 aromatic rings. The summed E-state index contributed by atoms with van der Waals surface area (Å²) in [6.07, 6.45) is 4.77. The summed E-state index contributed by atoms with van der Waals surface area (Å²) < 4.78 is 11.5. The first-order valence-electron chi connectivity index (χ1n) is 5.38. The molecular formula is C11H16O3. The summed E-state index contributed by atoms with van der Waals surface area (Å²) >= 11 is 0. The standard InChI is InChI=1S/C11H16O3/c1-9-6-10(7-9,8-12)11(14-9)2-4-13-5-3-11/h8H,2-7H2,1H3. The Morgan fingerprint density at radius 2 is 1.86 bits per heavy atom. The van der Waals surface area contributed by atoms with E-state index < -0.39 is 0 Å². The molecule has 4 rings (SSSR count). The molecule has 4 aliphatic rings. The summed E-state index contributed by atoms with van der Waals surface area (Å²) in [7, 11) is 0. The van der Waals surface area contributed by atoms with Gasteiger partial charge in [-0.1, -0.05) is 0 Å². The second-order valence-corrected chi connectivity index (χ2v) is 5.29. The SMILES string of the molecule is CC12CC(C=O)(C1)C1(CCOCC1)O2. The van der Waals surface area contributed by atoms with Crippen LogP contribution in [0, 0.1) is 5.41 Å². The minimum absolute atomic E-state index is 0.0156. The molecule has 0 atom stereocenters. The molecule has 3 nitrogen and oxygen atoms in total. The minimum Gasteiger partial charge on any atom is -0.381 e. The molecule has 0 aromatic carbocycles. The Bertz CT molecular complexity index is 272. The van der Waals surface area contributed by atoms with Crippen LogP contribution < -0.4 is 0 Å². The van der Waals surface area contributed by atoms with Gasteiger partial charge in [-0.2, -0.15) is 0 Å². The van der Waals surface area contributed by atoms with E-state index in [4.69, 9.17) is 9.47 Å². The smallest absolute Gasteiger partial charge is 0.129 e. The van der Waals surface area contributed by atoms with Crippen molar-refractivity contribution in [1.82, 2.24) is 0 Å². The maximum absolute atomic E-state index is 11.3. The van der Waals surface area contributed by atoms with Gasteiger partial charge in [-0.05, 0) is 19.8 Å². The largest absolute Gasteiger partial charge is 0.381 e. The van der Waals surface area contributed by atoms with Crippen molar-refractivity contribution in [3.8, 4) is 0 Å². The molecule has 1 saturated carbocycles. The first-order chi connectivity index (χ1) is 6.64. The lowest BCUT2D eigenvalue weighted by Gasteiger charge is -2.44. The average molecular weight is 196 g/mol. The van der Waals surface area contributed by atoms with Gasteiger partial charge in [0.1, 0.15) is 6.29 Å². The van der Waals surface area contributed by atoms with E-state index in [1.807, 2.05) is 0 Å². The molecule has 1 aliphatic carbocycles. The Morgan fingerprint density at radius 3 is 2.43 bits per heavy atom. The fraction of sp³-hybridized carbons (Fsp3) is 0.909. The second-order valence-electron chi connectivity index (χ2n) is 5.29. The summed E-state index contributed by atoms with van der Waals surface area (Å²) in [5.41, 5.74) is -0.370. The fourth-order valence-corrected chi connectivity index (χ4v) is 3.74. The number of carbonyl (C=O) groups excluding carboxylic acids is 1. The Kier molecular flexibility index (Phi) is 1.51. The van der Waals surface area contributed by atoms with E-state index in [0.717, 1.165) is 45.2 Å². The van der Waals surface area contributed by atoms with Crippen LogP contribution in [0.4, 0.5) is 0 Å². The molecule has 0 aromatic heterocycles. The van der Waals surface area contributed by atoms with Gasteiger partial charge in [0.15, 0.2) is 0 Å². The van der Waals surface area contributed by atoms with Crippen molar-refractivity contribution in [3.05, 3.63) is 0 Å². The summed E-state index contributed by atoms with van der Waals surface area (Å²) in [6.45, 7) is 3.61. The normalized spacial score (nSPS) is 48.9. The lowest BCUT2D eigenvalue weighted by atomic mass is 9.55. The predicted molar refractivity (Wildman–Crippen MR) is 50.0 cm³/mol. The van der Waals surface area contributed by atoms with Crippen LogP contribution in [-0.2, 0) is 14.3 Å². The van der Waals surface area contributed by atoms with E-state index in [1.165, 1.54) is 0 Å². The molecule has 78 valence electrons. The van der Waals surface area contributed by atoms with Gasteiger partial charge in [0, 0.05) is 26.1 Å². The van der Waals surface area contributed by atoms with Gasteiger partial charge in [-0.3, -0.25) is 0 Å². The molecule has 0 radical (unpaired) electrons. The van der Waals surface area contributed by atoms with Crippen molar-refractivity contribution in [2.45, 2.75) is 43.8 Å². The van der Waals surface area contributed by atoms with Crippen molar-refractivity contribution in [2.75, 3.05) is 13.2 Å². The molecule has 14 heavy (non-hydrogen) atoms. The van der Waals surface area contributed by atoms with Crippen LogP contribution >= 0.6 is 0 Å². The number of carbonyl (C=O) groups is 1. The molecular weight excluding hydrogens is 180 g/mol. The second kappa shape index (κ2) is 2.39. The van der Waals surface area contributed by atoms with Crippen LogP contribution in [0.15, 0.2) is 0 Å². The van der Waals surface area contributed by atoms with E-state index in [1.54, 1.807) is 0 Å². The molecule has 0 unspecified atom stereocenters. The summed E-state index contributed by atoms with van der Waals surface area (Å²) in [5.74, 6) is 0. The highest BCUT2D eigenvalue weighted by atomic mass is 16.6. The van der Waals surface area contributed by atoms with Crippen molar-refractivity contribution in [3.63, 3.8) is 0 Å². The lowest BCUT2D eigenvalue weighted by Crippen LogP contribution is -2.51. The van der Waals surface area contributed by atoms with Crippen molar-refractivity contribution in [2.24, 2.45) is 5.41 Å². The monoisotopic (exact) mass is 196 g/mol. The van der Waals surface area contributed by atoms with Crippen LogP contribution in [0.5, 0.6) is 0 Å². The zero-order chi connectivity index (χ0) is 9.86. The van der Waals surface area contributed by atoms with Gasteiger partial charge in [0.05, 0.1) is 16.6 Å². The molecule has 3 heterocycles. The fourth-order valence-electron chi connectivity index (χ4n) is 3.74. The van der Waals surface area contributed by atoms with Gasteiger partial charge >= 0.3 is 0 Å². The summed E-state index contributed by atoms with van der Waals surface area (Å²) in [4.78, 5) is 11.3. The van der Waals surface area contributed by atoms with Gasteiger partial charge in [0.25, 0.3) is 0 Å². The quantitative estimate of drug-likeness (QED) is 0.593. The molecule has 3 heteroatoms. The average Bonchev–Trinajstić information content (AvgIpc) is 2.49. The first kappa shape index (κ1) is 8.86. The highest BCUT2D eigenvalue weighted by molar-refractivity contribution is 5.66. The van der Waals surface area contributed by atoms with Crippen LogP contribution in [0.25, 0.3) is 0 Å². The number of ether oxygens (including phenoxy) is 2. The van der Waals surface area contributed by atoms with Gasteiger partial charge in [-0.25, -0.2) is 0 Å². The topological polar surface area (TPSA) is 35.5 Å². The zero-order valence-corrected chi connectivity index (χ0v) is 8.54. The van der Waals surface area contributed by atoms with Gasteiger partial charge in [0.2, 0.25) is 0 Å². The summed E-state index contributed by atoms with van der Waals surface area (Å²) in [5, 5.41) is 0. The Hall–Kier alpha value is -0.410. The van der Waals surface area contributed by atoms with Crippen LogP contribution in [-0.4, -0.2) is 30.7 Å². The van der Waals surface area contributed by atoms with Crippen LogP contribution in [0.3, 0.4) is 0 Å². The van der Waals surface area contributed by atoms with E-state index in [2.05, 4.69) is 6.92 Å². The first-order valence-corrected chi connectivity index (χ1v) is 5.38. The molecule has 2 bridgehead atoms. The third-order valence-electron chi connectivity index (χ3n) is 4.25. The van der Waals surface area contributed by atoms with Crippen molar-refractivity contribution in [1.29, 1.82) is 0 Å². The number of hydrogen-bond acceptors (Lipinski definition) is 3.